The van der Waals surface area contributed by atoms with Gasteiger partial charge in [0.05, 0.1) is 6.10 Å². The van der Waals surface area contributed by atoms with E-state index in [-0.39, 0.29) is 12.7 Å². The van der Waals surface area contributed by atoms with Crippen molar-refractivity contribution < 1.29 is 10.2 Å². The summed E-state index contributed by atoms with van der Waals surface area (Å²) in [6, 6.07) is 1.26. The molecule has 1 aliphatic carbocycles. The third-order valence-corrected chi connectivity index (χ3v) is 4.30. The Labute approximate surface area is 110 Å². The van der Waals surface area contributed by atoms with Gasteiger partial charge in [-0.25, -0.2) is 0 Å². The summed E-state index contributed by atoms with van der Waals surface area (Å²) >= 11 is 0. The fraction of sp³-hybridized carbons (Fsp3) is 1.00. The molecule has 1 saturated carbocycles. The van der Waals surface area contributed by atoms with Crippen LogP contribution in [-0.2, 0) is 0 Å². The molecule has 0 radical (unpaired) electrons. The Balaban J connectivity index is 1.84. The number of hydrogen-bond donors (Lipinski definition) is 3. The van der Waals surface area contributed by atoms with E-state index in [1.54, 1.807) is 0 Å². The second-order valence-electron chi connectivity index (χ2n) is 5.88. The van der Waals surface area contributed by atoms with E-state index in [0.29, 0.717) is 12.0 Å². The first-order valence-electron chi connectivity index (χ1n) is 7.51. The monoisotopic (exact) mass is 256 g/mol. The van der Waals surface area contributed by atoms with E-state index in [1.807, 2.05) is 0 Å². The Kier molecular flexibility index (Phi) is 5.42. The Morgan fingerprint density at radius 3 is 2.72 bits per heavy atom. The van der Waals surface area contributed by atoms with Crippen molar-refractivity contribution in [2.45, 2.75) is 57.2 Å². The molecule has 2 fully saturated rings. The molecule has 18 heavy (non-hydrogen) atoms. The van der Waals surface area contributed by atoms with Gasteiger partial charge < -0.3 is 15.5 Å². The lowest BCUT2D eigenvalue weighted by Crippen LogP contribution is -2.52. The third-order valence-electron chi connectivity index (χ3n) is 4.30. The number of aliphatic hydroxyl groups is 2. The molecule has 4 nitrogen and oxygen atoms in total. The van der Waals surface area contributed by atoms with Crippen molar-refractivity contribution in [3.63, 3.8) is 0 Å². The van der Waals surface area contributed by atoms with E-state index in [1.165, 1.54) is 12.8 Å². The predicted molar refractivity (Wildman–Crippen MR) is 72.5 cm³/mol. The first-order valence-corrected chi connectivity index (χ1v) is 7.51. The van der Waals surface area contributed by atoms with Crippen LogP contribution in [0.15, 0.2) is 0 Å². The Bertz CT molecular complexity index is 246. The van der Waals surface area contributed by atoms with Crippen molar-refractivity contribution in [1.29, 1.82) is 0 Å². The van der Waals surface area contributed by atoms with Gasteiger partial charge in [0.25, 0.3) is 0 Å². The van der Waals surface area contributed by atoms with Gasteiger partial charge in [0.1, 0.15) is 0 Å². The van der Waals surface area contributed by atoms with Crippen molar-refractivity contribution in [1.82, 2.24) is 10.2 Å². The summed E-state index contributed by atoms with van der Waals surface area (Å²) in [5.41, 5.74) is 0. The lowest BCUT2D eigenvalue weighted by Gasteiger charge is -2.40. The molecule has 0 spiro atoms. The van der Waals surface area contributed by atoms with E-state index in [4.69, 9.17) is 5.11 Å². The molecule has 3 unspecified atom stereocenters. The number of nitrogens with zero attached hydrogens (tertiary/aromatic N) is 1. The lowest BCUT2D eigenvalue weighted by molar-refractivity contribution is 0.0325. The Hall–Kier alpha value is -0.160. The summed E-state index contributed by atoms with van der Waals surface area (Å²) in [6.07, 6.45) is 5.25. The van der Waals surface area contributed by atoms with Gasteiger partial charge in [0.15, 0.2) is 0 Å². The molecule has 0 aromatic carbocycles. The minimum absolute atomic E-state index is 0.159. The van der Waals surface area contributed by atoms with Crippen LogP contribution >= 0.6 is 0 Å². The highest BCUT2D eigenvalue weighted by molar-refractivity contribution is 4.93. The summed E-state index contributed by atoms with van der Waals surface area (Å²) in [5, 5.41) is 22.5. The zero-order chi connectivity index (χ0) is 13.0. The predicted octanol–water partition coefficient (Wildman–Crippen LogP) is 0.582. The number of aliphatic hydroxyl groups excluding tert-OH is 2. The van der Waals surface area contributed by atoms with Gasteiger partial charge in [0.2, 0.25) is 0 Å². The van der Waals surface area contributed by atoms with E-state index in [2.05, 4.69) is 17.1 Å². The largest absolute Gasteiger partial charge is 0.396 e. The fourth-order valence-corrected chi connectivity index (χ4v) is 3.06. The minimum atomic E-state index is -0.159. The zero-order valence-electron chi connectivity index (χ0n) is 11.5. The SMILES string of the molecule is CCC(O)C1CC(NCCCO)CN(C2CC2)C1. The van der Waals surface area contributed by atoms with Crippen LogP contribution in [0.5, 0.6) is 0 Å². The third kappa shape index (κ3) is 3.92. The number of nitrogens with one attached hydrogen (secondary N) is 1. The summed E-state index contributed by atoms with van der Waals surface area (Å²) < 4.78 is 0. The van der Waals surface area contributed by atoms with Gasteiger partial charge in [-0.2, -0.15) is 0 Å². The minimum Gasteiger partial charge on any atom is -0.396 e. The van der Waals surface area contributed by atoms with Crippen LogP contribution in [0, 0.1) is 5.92 Å². The standard InChI is InChI=1S/C14H28N2O2/c1-2-14(18)11-8-12(15-6-3-7-17)10-16(9-11)13-4-5-13/h11-15,17-18H,2-10H2,1H3. The summed E-state index contributed by atoms with van der Waals surface area (Å²) in [4.78, 5) is 2.56. The molecule has 2 aliphatic rings. The van der Waals surface area contributed by atoms with Crippen molar-refractivity contribution in [3.8, 4) is 0 Å². The topological polar surface area (TPSA) is 55.7 Å². The van der Waals surface area contributed by atoms with Crippen LogP contribution in [0.2, 0.25) is 0 Å². The van der Waals surface area contributed by atoms with Crippen LogP contribution in [0.25, 0.3) is 0 Å². The zero-order valence-corrected chi connectivity index (χ0v) is 11.5. The highest BCUT2D eigenvalue weighted by Crippen LogP contribution is 2.32. The normalized spacial score (nSPS) is 31.5. The molecule has 3 atom stereocenters. The average molecular weight is 256 g/mol. The van der Waals surface area contributed by atoms with Crippen molar-refractivity contribution in [2.24, 2.45) is 5.92 Å². The quantitative estimate of drug-likeness (QED) is 0.583. The second-order valence-corrected chi connectivity index (χ2v) is 5.88. The Morgan fingerprint density at radius 2 is 2.11 bits per heavy atom. The van der Waals surface area contributed by atoms with E-state index < -0.39 is 0 Å². The molecule has 2 rings (SSSR count). The number of rotatable bonds is 7. The van der Waals surface area contributed by atoms with Crippen molar-refractivity contribution in [3.05, 3.63) is 0 Å². The van der Waals surface area contributed by atoms with Crippen LogP contribution in [0.4, 0.5) is 0 Å². The summed E-state index contributed by atoms with van der Waals surface area (Å²) in [7, 11) is 0. The van der Waals surface area contributed by atoms with Crippen LogP contribution in [-0.4, -0.2) is 59.5 Å². The molecule has 0 bridgehead atoms. The number of likely N-dealkylation sites (tertiary alicyclic amines) is 1. The van der Waals surface area contributed by atoms with E-state index in [0.717, 1.165) is 44.9 Å². The molecular formula is C14H28N2O2. The smallest absolute Gasteiger partial charge is 0.0578 e. The maximum absolute atomic E-state index is 10.1. The molecule has 1 heterocycles. The highest BCUT2D eigenvalue weighted by Gasteiger charge is 2.37. The molecule has 1 aliphatic heterocycles. The van der Waals surface area contributed by atoms with Gasteiger partial charge in [-0.3, -0.25) is 4.90 Å². The highest BCUT2D eigenvalue weighted by atomic mass is 16.3. The maximum atomic E-state index is 10.1. The molecule has 4 heteroatoms. The van der Waals surface area contributed by atoms with Gasteiger partial charge in [-0.1, -0.05) is 6.92 Å². The number of piperidine rings is 1. The molecular weight excluding hydrogens is 228 g/mol. The number of hydrogen-bond acceptors (Lipinski definition) is 4. The van der Waals surface area contributed by atoms with Crippen molar-refractivity contribution in [2.75, 3.05) is 26.2 Å². The molecule has 1 saturated heterocycles. The first-order chi connectivity index (χ1) is 8.74. The average Bonchev–Trinajstić information content (AvgIpc) is 3.22. The molecule has 106 valence electrons. The van der Waals surface area contributed by atoms with Crippen molar-refractivity contribution >= 4 is 0 Å². The van der Waals surface area contributed by atoms with Gasteiger partial charge in [-0.05, 0) is 44.6 Å². The van der Waals surface area contributed by atoms with Gasteiger partial charge in [0, 0.05) is 31.8 Å². The lowest BCUT2D eigenvalue weighted by atomic mass is 9.88. The first kappa shape index (κ1) is 14.3. The van der Waals surface area contributed by atoms with Crippen LogP contribution in [0.3, 0.4) is 0 Å². The Morgan fingerprint density at radius 1 is 1.33 bits per heavy atom. The molecule has 3 N–H and O–H groups in total. The fourth-order valence-electron chi connectivity index (χ4n) is 3.06. The van der Waals surface area contributed by atoms with E-state index in [9.17, 15) is 5.11 Å². The second kappa shape index (κ2) is 6.85. The van der Waals surface area contributed by atoms with Gasteiger partial charge in [-0.15, -0.1) is 0 Å². The summed E-state index contributed by atoms with van der Waals surface area (Å²) in [6.45, 7) is 5.39. The molecule has 0 aromatic rings. The molecule has 0 aromatic heterocycles. The molecule has 0 amide bonds. The van der Waals surface area contributed by atoms with Crippen LogP contribution < -0.4 is 5.32 Å². The van der Waals surface area contributed by atoms with Crippen LogP contribution in [0.1, 0.15) is 39.0 Å². The summed E-state index contributed by atoms with van der Waals surface area (Å²) in [5.74, 6) is 0.413. The van der Waals surface area contributed by atoms with Gasteiger partial charge >= 0.3 is 0 Å². The van der Waals surface area contributed by atoms with E-state index >= 15 is 0 Å². The maximum Gasteiger partial charge on any atom is 0.0578 e.